The van der Waals surface area contributed by atoms with Gasteiger partial charge in [-0.2, -0.15) is 0 Å². The number of hydrogen-bond donors (Lipinski definition) is 1. The molecule has 0 radical (unpaired) electrons. The Morgan fingerprint density at radius 1 is 1.53 bits per heavy atom. The molecule has 0 amide bonds. The monoisotopic (exact) mass is 289 g/mol. The fourth-order valence-corrected chi connectivity index (χ4v) is 2.47. The van der Waals surface area contributed by atoms with Gasteiger partial charge in [0.1, 0.15) is 0 Å². The van der Waals surface area contributed by atoms with Gasteiger partial charge in [-0.3, -0.25) is 0 Å². The standard InChI is InChI=1S/C11H13BrClNO/c1-7(14-9-5-15-6-9)10-3-2-8(12)4-11(10)13/h2-4,7,9,14H,5-6H2,1H3. The predicted molar refractivity (Wildman–Crippen MR) is 65.3 cm³/mol. The van der Waals surface area contributed by atoms with Crippen LogP contribution in [0.4, 0.5) is 0 Å². The average Bonchev–Trinajstić information content (AvgIpc) is 2.11. The highest BCUT2D eigenvalue weighted by molar-refractivity contribution is 9.10. The van der Waals surface area contributed by atoms with E-state index in [1.54, 1.807) is 0 Å². The summed E-state index contributed by atoms with van der Waals surface area (Å²) >= 11 is 9.56. The van der Waals surface area contributed by atoms with Gasteiger partial charge in [0, 0.05) is 15.5 Å². The van der Waals surface area contributed by atoms with Crippen molar-refractivity contribution in [3.63, 3.8) is 0 Å². The maximum Gasteiger partial charge on any atom is 0.0643 e. The molecule has 1 unspecified atom stereocenters. The molecule has 1 atom stereocenters. The third kappa shape index (κ3) is 2.72. The van der Waals surface area contributed by atoms with E-state index < -0.39 is 0 Å². The molecule has 82 valence electrons. The van der Waals surface area contributed by atoms with E-state index in [0.29, 0.717) is 6.04 Å². The summed E-state index contributed by atoms with van der Waals surface area (Å²) in [6.07, 6.45) is 0. The van der Waals surface area contributed by atoms with Crippen molar-refractivity contribution in [2.24, 2.45) is 0 Å². The van der Waals surface area contributed by atoms with Gasteiger partial charge in [-0.25, -0.2) is 0 Å². The van der Waals surface area contributed by atoms with E-state index >= 15 is 0 Å². The quantitative estimate of drug-likeness (QED) is 0.923. The smallest absolute Gasteiger partial charge is 0.0643 e. The van der Waals surface area contributed by atoms with Crippen LogP contribution in [0.25, 0.3) is 0 Å². The largest absolute Gasteiger partial charge is 0.378 e. The number of halogens is 2. The number of rotatable bonds is 3. The minimum Gasteiger partial charge on any atom is -0.378 e. The minimum atomic E-state index is 0.263. The van der Waals surface area contributed by atoms with Crippen molar-refractivity contribution < 1.29 is 4.74 Å². The lowest BCUT2D eigenvalue weighted by atomic mass is 10.1. The Balaban J connectivity index is 2.06. The topological polar surface area (TPSA) is 21.3 Å². The fraction of sp³-hybridized carbons (Fsp3) is 0.455. The normalized spacial score (nSPS) is 18.6. The summed E-state index contributed by atoms with van der Waals surface area (Å²) in [5.41, 5.74) is 1.13. The summed E-state index contributed by atoms with van der Waals surface area (Å²) in [4.78, 5) is 0. The number of nitrogens with one attached hydrogen (secondary N) is 1. The van der Waals surface area contributed by atoms with Crippen LogP contribution in [0, 0.1) is 0 Å². The van der Waals surface area contributed by atoms with Crippen molar-refractivity contribution in [3.05, 3.63) is 33.3 Å². The van der Waals surface area contributed by atoms with Gasteiger partial charge >= 0.3 is 0 Å². The van der Waals surface area contributed by atoms with Gasteiger partial charge in [-0.1, -0.05) is 33.6 Å². The van der Waals surface area contributed by atoms with Crippen LogP contribution in [-0.4, -0.2) is 19.3 Å². The predicted octanol–water partition coefficient (Wildman–Crippen LogP) is 3.15. The van der Waals surface area contributed by atoms with Crippen LogP contribution in [0.1, 0.15) is 18.5 Å². The molecule has 1 aliphatic rings. The molecule has 1 fully saturated rings. The lowest BCUT2D eigenvalue weighted by Crippen LogP contribution is -2.46. The Hall–Kier alpha value is -0.0900. The second-order valence-corrected chi connectivity index (χ2v) is 5.11. The van der Waals surface area contributed by atoms with Gasteiger partial charge in [-0.05, 0) is 24.6 Å². The number of hydrogen-bond acceptors (Lipinski definition) is 2. The molecule has 1 aliphatic heterocycles. The zero-order valence-corrected chi connectivity index (χ0v) is 10.8. The number of ether oxygens (including phenoxy) is 1. The highest BCUT2D eigenvalue weighted by Crippen LogP contribution is 2.26. The van der Waals surface area contributed by atoms with E-state index in [2.05, 4.69) is 28.2 Å². The van der Waals surface area contributed by atoms with E-state index in [-0.39, 0.29) is 6.04 Å². The number of benzene rings is 1. The van der Waals surface area contributed by atoms with Crippen molar-refractivity contribution in [3.8, 4) is 0 Å². The van der Waals surface area contributed by atoms with Crippen LogP contribution in [0.15, 0.2) is 22.7 Å². The summed E-state index contributed by atoms with van der Waals surface area (Å²) in [7, 11) is 0. The first-order valence-electron chi connectivity index (χ1n) is 4.95. The van der Waals surface area contributed by atoms with Crippen molar-refractivity contribution in [2.45, 2.75) is 19.0 Å². The molecular formula is C11H13BrClNO. The first-order chi connectivity index (χ1) is 7.16. The van der Waals surface area contributed by atoms with Crippen LogP contribution in [0.5, 0.6) is 0 Å². The Morgan fingerprint density at radius 2 is 2.27 bits per heavy atom. The van der Waals surface area contributed by atoms with Crippen LogP contribution >= 0.6 is 27.5 Å². The van der Waals surface area contributed by atoms with Gasteiger partial charge in [0.25, 0.3) is 0 Å². The molecule has 0 aromatic heterocycles. The van der Waals surface area contributed by atoms with Crippen LogP contribution in [0.3, 0.4) is 0 Å². The van der Waals surface area contributed by atoms with Gasteiger partial charge in [-0.15, -0.1) is 0 Å². The Morgan fingerprint density at radius 3 is 2.80 bits per heavy atom. The third-order valence-electron chi connectivity index (χ3n) is 2.55. The maximum atomic E-state index is 6.17. The highest BCUT2D eigenvalue weighted by Gasteiger charge is 2.21. The van der Waals surface area contributed by atoms with Gasteiger partial charge < -0.3 is 10.1 Å². The van der Waals surface area contributed by atoms with Gasteiger partial charge in [0.05, 0.1) is 19.3 Å². The molecule has 2 rings (SSSR count). The molecule has 1 N–H and O–H groups in total. The summed E-state index contributed by atoms with van der Waals surface area (Å²) in [6.45, 7) is 3.73. The zero-order valence-electron chi connectivity index (χ0n) is 8.47. The molecule has 1 saturated heterocycles. The molecule has 0 saturated carbocycles. The van der Waals surface area contributed by atoms with Crippen LogP contribution in [-0.2, 0) is 4.74 Å². The summed E-state index contributed by atoms with van der Waals surface area (Å²) < 4.78 is 6.13. The average molecular weight is 291 g/mol. The van der Waals surface area contributed by atoms with Crippen molar-refractivity contribution in [2.75, 3.05) is 13.2 Å². The van der Waals surface area contributed by atoms with Crippen LogP contribution in [0.2, 0.25) is 5.02 Å². The molecule has 1 heterocycles. The highest BCUT2D eigenvalue weighted by atomic mass is 79.9. The van der Waals surface area contributed by atoms with E-state index in [0.717, 1.165) is 28.3 Å². The second kappa shape index (κ2) is 4.83. The lowest BCUT2D eigenvalue weighted by Gasteiger charge is -2.30. The summed E-state index contributed by atoms with van der Waals surface area (Å²) in [6, 6.07) is 6.71. The Bertz CT molecular complexity index is 354. The minimum absolute atomic E-state index is 0.263. The fourth-order valence-electron chi connectivity index (χ4n) is 1.63. The Kier molecular flexibility index (Phi) is 3.67. The van der Waals surface area contributed by atoms with E-state index in [1.165, 1.54) is 0 Å². The Labute approximate surface area is 103 Å². The van der Waals surface area contributed by atoms with E-state index in [4.69, 9.17) is 16.3 Å². The van der Waals surface area contributed by atoms with Crippen molar-refractivity contribution in [1.82, 2.24) is 5.32 Å². The van der Waals surface area contributed by atoms with Crippen LogP contribution < -0.4 is 5.32 Å². The summed E-state index contributed by atoms with van der Waals surface area (Å²) in [5.74, 6) is 0. The molecule has 1 aromatic rings. The second-order valence-electron chi connectivity index (χ2n) is 3.79. The molecule has 1 aromatic carbocycles. The zero-order chi connectivity index (χ0) is 10.8. The molecular weight excluding hydrogens is 277 g/mol. The molecule has 15 heavy (non-hydrogen) atoms. The molecule has 4 heteroatoms. The van der Waals surface area contributed by atoms with E-state index in [1.807, 2.05) is 18.2 Å². The maximum absolute atomic E-state index is 6.17. The molecule has 2 nitrogen and oxygen atoms in total. The van der Waals surface area contributed by atoms with Gasteiger partial charge in [0.15, 0.2) is 0 Å². The van der Waals surface area contributed by atoms with Gasteiger partial charge in [0.2, 0.25) is 0 Å². The third-order valence-corrected chi connectivity index (χ3v) is 3.37. The molecule has 0 aliphatic carbocycles. The molecule has 0 bridgehead atoms. The lowest BCUT2D eigenvalue weighted by molar-refractivity contribution is -0.00924. The first-order valence-corrected chi connectivity index (χ1v) is 6.12. The summed E-state index contributed by atoms with van der Waals surface area (Å²) in [5, 5.41) is 4.26. The molecule has 0 spiro atoms. The SMILES string of the molecule is CC(NC1COC1)c1ccc(Br)cc1Cl. The van der Waals surface area contributed by atoms with E-state index in [9.17, 15) is 0 Å². The van der Waals surface area contributed by atoms with Crippen molar-refractivity contribution >= 4 is 27.5 Å². The first kappa shape index (κ1) is 11.4. The van der Waals surface area contributed by atoms with Crippen molar-refractivity contribution in [1.29, 1.82) is 0 Å².